The molecule has 1 aromatic heterocycles. The van der Waals surface area contributed by atoms with Crippen molar-refractivity contribution >= 4 is 0 Å². The van der Waals surface area contributed by atoms with Crippen molar-refractivity contribution in [1.29, 1.82) is 0 Å². The smallest absolute Gasteiger partial charge is 0.164 e. The van der Waals surface area contributed by atoms with Gasteiger partial charge >= 0.3 is 0 Å². The molecule has 3 unspecified atom stereocenters. The Labute approximate surface area is 286 Å². The van der Waals surface area contributed by atoms with Gasteiger partial charge in [-0.25, -0.2) is 15.0 Å². The number of nitrogens with zero attached hydrogens (tertiary/aromatic N) is 3. The Hall–Kier alpha value is -5.67. The number of benzene rings is 6. The number of fused-ring (bicyclic) bond motifs is 5. The van der Waals surface area contributed by atoms with Crippen LogP contribution in [-0.4, -0.2) is 15.0 Å². The molecule has 0 radical (unpaired) electrons. The highest BCUT2D eigenvalue weighted by Crippen LogP contribution is 2.78. The zero-order valence-corrected chi connectivity index (χ0v) is 27.3. The lowest BCUT2D eigenvalue weighted by Gasteiger charge is -2.44. The maximum Gasteiger partial charge on any atom is 0.164 e. The minimum Gasteiger partial charge on any atom is -0.208 e. The Kier molecular flexibility index (Phi) is 5.41. The average Bonchev–Trinajstić information content (AvgIpc) is 3.88. The van der Waals surface area contributed by atoms with E-state index in [4.69, 9.17) is 15.0 Å². The highest BCUT2D eigenvalue weighted by molar-refractivity contribution is 5.93. The largest absolute Gasteiger partial charge is 0.208 e. The van der Waals surface area contributed by atoms with Crippen molar-refractivity contribution in [3.05, 3.63) is 162 Å². The van der Waals surface area contributed by atoms with E-state index in [9.17, 15) is 0 Å². The Morgan fingerprint density at radius 3 is 1.71 bits per heavy atom. The van der Waals surface area contributed by atoms with E-state index in [1.54, 1.807) is 22.3 Å². The third-order valence-electron chi connectivity index (χ3n) is 12.1. The number of aromatic nitrogens is 3. The highest BCUT2D eigenvalue weighted by Gasteiger charge is 2.68. The quantitative estimate of drug-likeness (QED) is 0.191. The van der Waals surface area contributed by atoms with Gasteiger partial charge in [0.2, 0.25) is 0 Å². The molecule has 1 heterocycles. The van der Waals surface area contributed by atoms with E-state index in [1.165, 1.54) is 46.2 Å². The molecule has 3 nitrogen and oxygen atoms in total. The van der Waals surface area contributed by atoms with E-state index in [0.717, 1.165) is 23.1 Å². The van der Waals surface area contributed by atoms with E-state index >= 15 is 0 Å². The van der Waals surface area contributed by atoms with Crippen LogP contribution in [0.1, 0.15) is 54.4 Å². The summed E-state index contributed by atoms with van der Waals surface area (Å²) in [6.45, 7) is 2.41. The van der Waals surface area contributed by atoms with Gasteiger partial charge in [-0.2, -0.15) is 0 Å². The molecule has 0 aliphatic heterocycles. The van der Waals surface area contributed by atoms with Crippen LogP contribution < -0.4 is 0 Å². The molecule has 3 heteroatoms. The molecule has 7 aromatic rings. The van der Waals surface area contributed by atoms with Gasteiger partial charge in [0, 0.05) is 27.5 Å². The molecule has 6 aromatic carbocycles. The predicted octanol–water partition coefficient (Wildman–Crippen LogP) is 11.0. The Morgan fingerprint density at radius 1 is 0.510 bits per heavy atom. The fraction of sp³-hybridized carbons (Fsp3) is 0.152. The lowest BCUT2D eigenvalue weighted by Crippen LogP contribution is -2.37. The van der Waals surface area contributed by atoms with Crippen molar-refractivity contribution in [2.24, 2.45) is 0 Å². The monoisotopic (exact) mass is 627 g/mol. The van der Waals surface area contributed by atoms with Gasteiger partial charge in [-0.3, -0.25) is 0 Å². The second kappa shape index (κ2) is 9.70. The van der Waals surface area contributed by atoms with Crippen LogP contribution in [0.3, 0.4) is 0 Å². The molecule has 11 rings (SSSR count). The van der Waals surface area contributed by atoms with E-state index in [0.29, 0.717) is 23.4 Å². The summed E-state index contributed by atoms with van der Waals surface area (Å²) in [7, 11) is 0. The van der Waals surface area contributed by atoms with Gasteiger partial charge < -0.3 is 0 Å². The first kappa shape index (κ1) is 27.3. The molecule has 1 saturated carbocycles. The molecule has 0 spiro atoms. The molecule has 1 fully saturated rings. The third kappa shape index (κ3) is 3.65. The number of rotatable bonds is 5. The van der Waals surface area contributed by atoms with Crippen molar-refractivity contribution in [3.63, 3.8) is 0 Å². The molecule has 0 N–H and O–H groups in total. The van der Waals surface area contributed by atoms with Crippen molar-refractivity contribution in [3.8, 4) is 67.5 Å². The molecule has 2 bridgehead atoms. The summed E-state index contributed by atoms with van der Waals surface area (Å²) >= 11 is 0. The van der Waals surface area contributed by atoms with Crippen LogP contribution in [0.4, 0.5) is 0 Å². The molecule has 0 saturated heterocycles. The van der Waals surface area contributed by atoms with E-state index in [1.807, 2.05) is 36.4 Å². The van der Waals surface area contributed by atoms with Crippen LogP contribution in [0, 0.1) is 0 Å². The number of hydrogen-bond acceptors (Lipinski definition) is 3. The van der Waals surface area contributed by atoms with E-state index in [-0.39, 0.29) is 10.8 Å². The van der Waals surface area contributed by atoms with Crippen LogP contribution in [-0.2, 0) is 10.8 Å². The standard InChI is InChI=1S/C46H33N3/c1-2-45-27-46-26-39(46)40-35(23-24-36(41(40)45)33-15-9-10-16-37(33)45)34-22-21-32(25-38(34)46)28-17-19-31(20-18-28)44-48-42(29-11-5-3-6-12-29)47-43(49-44)30-13-7-4-8-14-30/h3-25,39H,2,26-27H2,1H3. The van der Waals surface area contributed by atoms with E-state index < -0.39 is 0 Å². The molecule has 49 heavy (non-hydrogen) atoms. The van der Waals surface area contributed by atoms with Gasteiger partial charge in [0.15, 0.2) is 17.5 Å². The number of hydrogen-bond donors (Lipinski definition) is 0. The van der Waals surface area contributed by atoms with Crippen molar-refractivity contribution in [1.82, 2.24) is 15.0 Å². The maximum absolute atomic E-state index is 4.95. The van der Waals surface area contributed by atoms with Crippen molar-refractivity contribution in [2.75, 3.05) is 0 Å². The summed E-state index contributed by atoms with van der Waals surface area (Å²) in [6.07, 6.45) is 3.63. The first-order valence-corrected chi connectivity index (χ1v) is 17.6. The normalized spacial score (nSPS) is 21.4. The minimum absolute atomic E-state index is 0.112. The second-order valence-electron chi connectivity index (χ2n) is 14.4. The van der Waals surface area contributed by atoms with Crippen LogP contribution in [0.2, 0.25) is 0 Å². The first-order chi connectivity index (χ1) is 24.2. The minimum atomic E-state index is 0.112. The summed E-state index contributed by atoms with van der Waals surface area (Å²) in [5, 5.41) is 0. The van der Waals surface area contributed by atoms with Crippen LogP contribution in [0.5, 0.6) is 0 Å². The summed E-state index contributed by atoms with van der Waals surface area (Å²) in [5.74, 6) is 2.68. The van der Waals surface area contributed by atoms with Gasteiger partial charge in [0.25, 0.3) is 0 Å². The molecule has 232 valence electrons. The fourth-order valence-corrected chi connectivity index (χ4v) is 9.83. The molecule has 4 aliphatic rings. The summed E-state index contributed by atoms with van der Waals surface area (Å²) < 4.78 is 0. The van der Waals surface area contributed by atoms with E-state index in [2.05, 4.69) is 110 Å². The molecule has 4 aliphatic carbocycles. The third-order valence-corrected chi connectivity index (χ3v) is 12.1. The average molecular weight is 628 g/mol. The molecular weight excluding hydrogens is 595 g/mol. The Morgan fingerprint density at radius 2 is 1.04 bits per heavy atom. The topological polar surface area (TPSA) is 38.7 Å². The van der Waals surface area contributed by atoms with Gasteiger partial charge in [0.05, 0.1) is 0 Å². The van der Waals surface area contributed by atoms with Gasteiger partial charge in [0.1, 0.15) is 0 Å². The maximum atomic E-state index is 4.95. The van der Waals surface area contributed by atoms with Crippen LogP contribution >= 0.6 is 0 Å². The van der Waals surface area contributed by atoms with Gasteiger partial charge in [-0.15, -0.1) is 0 Å². The second-order valence-corrected chi connectivity index (χ2v) is 14.4. The Balaban J connectivity index is 0.999. The van der Waals surface area contributed by atoms with Crippen LogP contribution in [0.15, 0.2) is 140 Å². The van der Waals surface area contributed by atoms with Crippen molar-refractivity contribution < 1.29 is 0 Å². The lowest BCUT2D eigenvalue weighted by atomic mass is 9.58. The zero-order valence-electron chi connectivity index (χ0n) is 27.3. The SMILES string of the molecule is CCC12CC34CC3c3c(ccc(c31)-c1ccccc12)-c1ccc(-c2ccc(-c3nc(-c5ccccc5)nc(-c5ccccc5)n3)cc2)cc14. The fourth-order valence-electron chi connectivity index (χ4n) is 9.83. The molecule has 0 amide bonds. The molecule has 3 atom stereocenters. The highest BCUT2D eigenvalue weighted by atomic mass is 15.0. The Bertz CT molecular complexity index is 2430. The van der Waals surface area contributed by atoms with Gasteiger partial charge in [-0.05, 0) is 86.9 Å². The summed E-state index contributed by atoms with van der Waals surface area (Å²) in [4.78, 5) is 14.8. The zero-order chi connectivity index (χ0) is 32.3. The summed E-state index contributed by atoms with van der Waals surface area (Å²) in [6, 6.07) is 50.5. The lowest BCUT2D eigenvalue weighted by molar-refractivity contribution is 0.376. The van der Waals surface area contributed by atoms with Crippen molar-refractivity contribution in [2.45, 2.75) is 42.9 Å². The molecular formula is C46H33N3. The van der Waals surface area contributed by atoms with Crippen LogP contribution in [0.25, 0.3) is 67.5 Å². The summed E-state index contributed by atoms with van der Waals surface area (Å²) in [5.41, 5.74) is 18.0. The predicted molar refractivity (Wildman–Crippen MR) is 197 cm³/mol. The first-order valence-electron chi connectivity index (χ1n) is 17.6. The van der Waals surface area contributed by atoms with Gasteiger partial charge in [-0.1, -0.05) is 140 Å².